The predicted molar refractivity (Wildman–Crippen MR) is 198 cm³/mol. The predicted octanol–water partition coefficient (Wildman–Crippen LogP) is -0.975. The van der Waals surface area contributed by atoms with Gasteiger partial charge in [-0.25, -0.2) is 9.55 Å². The molecule has 0 radical (unpaired) electrons. The Bertz CT molecular complexity index is 1590. The van der Waals surface area contributed by atoms with Gasteiger partial charge in [0.05, 0.1) is 31.2 Å². The highest BCUT2D eigenvalue weighted by Crippen LogP contribution is 2.38. The number of carbonyl (C=O) groups excluding carboxylic acids is 5. The van der Waals surface area contributed by atoms with Crippen LogP contribution in [-0.2, 0) is 50.6 Å². The number of carbonyl (C=O) groups is 5. The van der Waals surface area contributed by atoms with Crippen molar-refractivity contribution in [1.82, 2.24) is 36.1 Å². The summed E-state index contributed by atoms with van der Waals surface area (Å²) in [5, 5.41) is 19.9. The monoisotopic (exact) mass is 794 g/mol. The van der Waals surface area contributed by atoms with Gasteiger partial charge in [-0.1, -0.05) is 44.2 Å². The summed E-state index contributed by atoms with van der Waals surface area (Å²) in [6, 6.07) is 3.81. The fraction of sp³-hybridized carbons (Fsp3) is 0.600. The van der Waals surface area contributed by atoms with Crippen LogP contribution in [0.15, 0.2) is 42.9 Å². The van der Waals surface area contributed by atoms with Crippen LogP contribution in [0.1, 0.15) is 57.7 Å². The normalized spacial score (nSPS) is 18.8. The molecule has 1 aliphatic rings. The lowest BCUT2D eigenvalue weighted by Crippen LogP contribution is -2.61. The first kappa shape index (κ1) is 45.2. The van der Waals surface area contributed by atoms with Crippen LogP contribution in [-0.4, -0.2) is 129 Å². The molecule has 1 saturated heterocycles. The zero-order valence-electron chi connectivity index (χ0n) is 31.6. The second kappa shape index (κ2) is 21.8. The molecule has 0 saturated carbocycles. The minimum absolute atomic E-state index is 0.0400. The molecule has 0 aliphatic carbocycles. The van der Waals surface area contributed by atoms with Crippen LogP contribution in [0, 0.1) is 5.92 Å². The van der Waals surface area contributed by atoms with Crippen LogP contribution in [0.25, 0.3) is 0 Å². The number of hydrogen-bond donors (Lipinski definition) is 9. The zero-order valence-corrected chi connectivity index (χ0v) is 32.4. The molecule has 1 fully saturated rings. The molecule has 7 atom stereocenters. The zero-order chi connectivity index (χ0) is 40.7. The van der Waals surface area contributed by atoms with Crippen LogP contribution < -0.4 is 27.0 Å². The van der Waals surface area contributed by atoms with Gasteiger partial charge in [0.1, 0.15) is 24.2 Å². The molecular formula is C35H55N8O11P. The maximum Gasteiger partial charge on any atom is 0.469 e. The van der Waals surface area contributed by atoms with Gasteiger partial charge in [0.2, 0.25) is 29.5 Å². The van der Waals surface area contributed by atoms with Crippen LogP contribution in [0.2, 0.25) is 0 Å². The van der Waals surface area contributed by atoms with E-state index in [2.05, 4.69) is 47.9 Å². The van der Waals surface area contributed by atoms with Crippen molar-refractivity contribution in [3.63, 3.8) is 0 Å². The summed E-state index contributed by atoms with van der Waals surface area (Å²) in [7, 11) is -3.27. The van der Waals surface area contributed by atoms with E-state index < -0.39 is 74.4 Å². The van der Waals surface area contributed by atoms with Crippen molar-refractivity contribution in [3.8, 4) is 0 Å². The SMILES string of the molecule is CC(C)C[C@H](NC(=O)[C@@H]1C[C@H](OCCCCc2ccccc2)CN1C)C(=O)N[C@@H](Cc1cnc[nH]1)C(=O)N[C@@H](CO)C(=O)N[C@H](C(N)=O)[C@@H](C)OP(=O)(O)O. The van der Waals surface area contributed by atoms with Crippen molar-refractivity contribution in [1.29, 1.82) is 0 Å². The second-order valence-electron chi connectivity index (χ2n) is 14.1. The second-order valence-corrected chi connectivity index (χ2v) is 15.3. The molecule has 0 bridgehead atoms. The summed E-state index contributed by atoms with van der Waals surface area (Å²) in [6.45, 7) is 4.96. The molecule has 10 N–H and O–H groups in total. The number of hydrogen-bond acceptors (Lipinski definition) is 11. The Hall–Kier alpha value is -4.23. The molecule has 0 spiro atoms. The molecule has 1 aliphatic heterocycles. The van der Waals surface area contributed by atoms with Crippen molar-refractivity contribution in [2.45, 2.75) is 102 Å². The van der Waals surface area contributed by atoms with Crippen LogP contribution in [0.5, 0.6) is 0 Å². The summed E-state index contributed by atoms with van der Waals surface area (Å²) in [4.78, 5) is 92.8. The van der Waals surface area contributed by atoms with Gasteiger partial charge < -0.3 is 51.6 Å². The minimum atomic E-state index is -5.08. The number of imidazole rings is 1. The number of primary amides is 1. The van der Waals surface area contributed by atoms with Crippen molar-refractivity contribution in [3.05, 3.63) is 54.1 Å². The Morgan fingerprint density at radius 1 is 0.982 bits per heavy atom. The number of phosphoric ester groups is 1. The van der Waals surface area contributed by atoms with Crippen LogP contribution in [0.3, 0.4) is 0 Å². The molecule has 2 aromatic rings. The lowest BCUT2D eigenvalue weighted by molar-refractivity contribution is -0.136. The average molecular weight is 795 g/mol. The van der Waals surface area contributed by atoms with Crippen molar-refractivity contribution in [2.24, 2.45) is 11.7 Å². The molecule has 2 heterocycles. The molecule has 55 heavy (non-hydrogen) atoms. The Kier molecular flexibility index (Phi) is 17.9. The molecule has 1 aromatic carbocycles. The number of ether oxygens (including phenoxy) is 1. The van der Waals surface area contributed by atoms with E-state index in [9.17, 15) is 33.6 Å². The highest BCUT2D eigenvalue weighted by Gasteiger charge is 2.38. The quantitative estimate of drug-likeness (QED) is 0.0484. The topological polar surface area (TPSA) is 288 Å². The number of H-pyrrole nitrogens is 1. The van der Waals surface area contributed by atoms with E-state index in [0.717, 1.165) is 26.2 Å². The van der Waals surface area contributed by atoms with E-state index in [1.54, 1.807) is 0 Å². The van der Waals surface area contributed by atoms with E-state index in [4.69, 9.17) is 20.3 Å². The molecular weight excluding hydrogens is 739 g/mol. The van der Waals surface area contributed by atoms with Crippen molar-refractivity contribution >= 4 is 37.4 Å². The Balaban J connectivity index is 1.64. The lowest BCUT2D eigenvalue weighted by atomic mass is 10.0. The number of amides is 5. The van der Waals surface area contributed by atoms with E-state index >= 15 is 0 Å². The average Bonchev–Trinajstić information content (AvgIpc) is 3.77. The molecule has 0 unspecified atom stereocenters. The van der Waals surface area contributed by atoms with Gasteiger partial charge in [-0.3, -0.25) is 33.4 Å². The molecule has 5 amide bonds. The number of unbranched alkanes of at least 4 members (excludes halogenated alkanes) is 1. The summed E-state index contributed by atoms with van der Waals surface area (Å²) in [6.07, 6.45) is 4.39. The number of aryl methyl sites for hydroxylation is 1. The van der Waals surface area contributed by atoms with Gasteiger partial charge in [0, 0.05) is 31.5 Å². The number of aromatic nitrogens is 2. The van der Waals surface area contributed by atoms with E-state index in [1.165, 1.54) is 18.1 Å². The Labute approximate surface area is 320 Å². The third kappa shape index (κ3) is 15.4. The molecule has 1 aromatic heterocycles. The Morgan fingerprint density at radius 2 is 1.64 bits per heavy atom. The van der Waals surface area contributed by atoms with Crippen molar-refractivity contribution < 1.29 is 52.7 Å². The third-order valence-corrected chi connectivity index (χ3v) is 9.62. The third-order valence-electron chi connectivity index (χ3n) is 9.01. The molecule has 19 nitrogen and oxygen atoms in total. The fourth-order valence-corrected chi connectivity index (χ4v) is 6.75. The molecule has 20 heteroatoms. The summed E-state index contributed by atoms with van der Waals surface area (Å²) in [5.74, 6) is -4.33. The summed E-state index contributed by atoms with van der Waals surface area (Å²) >= 11 is 0. The number of phosphoric acid groups is 1. The first-order valence-electron chi connectivity index (χ1n) is 18.2. The largest absolute Gasteiger partial charge is 0.469 e. The number of benzene rings is 1. The van der Waals surface area contributed by atoms with Gasteiger partial charge in [-0.2, -0.15) is 0 Å². The van der Waals surface area contributed by atoms with Gasteiger partial charge in [-0.05, 0) is 57.6 Å². The smallest absolute Gasteiger partial charge is 0.394 e. The molecule has 306 valence electrons. The van der Waals surface area contributed by atoms with Crippen LogP contribution >= 0.6 is 7.82 Å². The van der Waals surface area contributed by atoms with E-state index in [1.807, 2.05) is 44.0 Å². The number of aliphatic hydroxyl groups is 1. The maximum atomic E-state index is 13.8. The fourth-order valence-electron chi connectivity index (χ4n) is 6.19. The first-order valence-corrected chi connectivity index (χ1v) is 19.7. The number of rotatable bonds is 23. The summed E-state index contributed by atoms with van der Waals surface area (Å²) < 4.78 is 21.8. The maximum absolute atomic E-state index is 13.8. The van der Waals surface area contributed by atoms with Crippen molar-refractivity contribution in [2.75, 3.05) is 26.8 Å². The van der Waals surface area contributed by atoms with Gasteiger partial charge in [0.15, 0.2) is 0 Å². The van der Waals surface area contributed by atoms with Crippen LogP contribution in [0.4, 0.5) is 0 Å². The standard InChI is InChI=1S/C35H55N8O11P/c1-21(2)14-26(40-35(49)29-16-25(18-43(29)4)53-13-9-8-12-23-10-6-5-7-11-23)32(46)39-27(15-24-17-37-20-38-24)33(47)41-28(19-44)34(48)42-30(31(36)45)22(3)54-55(50,51)52/h5-7,10-11,17,20-22,25-30,44H,8-9,12-16,18-19H2,1-4H3,(H2,36,45)(H,37,38)(H,39,46)(H,40,49)(H,41,47)(H,42,48)(H2,50,51,52)/t22-,25+,26+,27+,28+,29+,30+/m1/s1. The molecule has 3 rings (SSSR count). The number of aromatic amines is 1. The number of likely N-dealkylation sites (tertiary alicyclic amines) is 1. The van der Waals surface area contributed by atoms with Gasteiger partial charge >= 0.3 is 7.82 Å². The minimum Gasteiger partial charge on any atom is -0.394 e. The van der Waals surface area contributed by atoms with E-state index in [-0.39, 0.29) is 30.8 Å². The highest BCUT2D eigenvalue weighted by atomic mass is 31.2. The van der Waals surface area contributed by atoms with E-state index in [0.29, 0.717) is 25.3 Å². The lowest BCUT2D eigenvalue weighted by Gasteiger charge is -2.28. The Morgan fingerprint density at radius 3 is 2.24 bits per heavy atom. The number of nitrogens with one attached hydrogen (secondary N) is 5. The van der Waals surface area contributed by atoms with Gasteiger partial charge in [-0.15, -0.1) is 0 Å². The number of nitrogens with two attached hydrogens (primary N) is 1. The summed E-state index contributed by atoms with van der Waals surface area (Å²) in [5.41, 5.74) is 7.00. The number of nitrogens with zero attached hydrogens (tertiary/aromatic N) is 2. The highest BCUT2D eigenvalue weighted by molar-refractivity contribution is 7.46. The first-order chi connectivity index (χ1) is 26.0. The number of aliphatic hydroxyl groups excluding tert-OH is 1. The van der Waals surface area contributed by atoms with Gasteiger partial charge in [0.25, 0.3) is 0 Å². The number of likely N-dealkylation sites (N-methyl/N-ethyl adjacent to an activating group) is 1.